The molecule has 4 heterocycles. The van der Waals surface area contributed by atoms with Crippen LogP contribution in [-0.4, -0.2) is 48.8 Å². The number of aromatic nitrogens is 6. The Kier molecular flexibility index (Phi) is 6.18. The van der Waals surface area contributed by atoms with Crippen LogP contribution in [0, 0.1) is 0 Å². The van der Waals surface area contributed by atoms with E-state index in [2.05, 4.69) is 20.2 Å². The van der Waals surface area contributed by atoms with Crippen molar-refractivity contribution < 1.29 is 9.47 Å². The molecule has 3 aromatic heterocycles. The van der Waals surface area contributed by atoms with Gasteiger partial charge < -0.3 is 9.47 Å². The molecule has 9 nitrogen and oxygen atoms in total. The largest absolute Gasteiger partial charge is 0.488 e. The fourth-order valence-corrected chi connectivity index (χ4v) is 3.76. The van der Waals surface area contributed by atoms with E-state index in [0.717, 1.165) is 36.4 Å². The van der Waals surface area contributed by atoms with Gasteiger partial charge in [-0.15, -0.1) is 0 Å². The van der Waals surface area contributed by atoms with Gasteiger partial charge in [-0.1, -0.05) is 25.1 Å². The Morgan fingerprint density at radius 1 is 1.21 bits per heavy atom. The van der Waals surface area contributed by atoms with Crippen molar-refractivity contribution in [2.75, 3.05) is 13.2 Å². The molecule has 0 N–H and O–H groups in total. The number of hydrogen-bond acceptors (Lipinski definition) is 7. The van der Waals surface area contributed by atoms with E-state index < -0.39 is 0 Å². The molecule has 2 unspecified atom stereocenters. The third-order valence-electron chi connectivity index (χ3n) is 5.96. The van der Waals surface area contributed by atoms with E-state index in [4.69, 9.17) is 9.47 Å². The van der Waals surface area contributed by atoms with Gasteiger partial charge in [0.05, 0.1) is 30.9 Å². The molecule has 1 aromatic carbocycles. The summed E-state index contributed by atoms with van der Waals surface area (Å²) in [6, 6.07) is 9.41. The number of ether oxygens (including phenoxy) is 2. The lowest BCUT2D eigenvalue weighted by Crippen LogP contribution is -2.32. The highest BCUT2D eigenvalue weighted by atomic mass is 16.5. The van der Waals surface area contributed by atoms with Crippen molar-refractivity contribution in [2.24, 2.45) is 0 Å². The van der Waals surface area contributed by atoms with Gasteiger partial charge in [-0.05, 0) is 18.6 Å². The Bertz CT molecular complexity index is 1330. The summed E-state index contributed by atoms with van der Waals surface area (Å²) in [6.07, 6.45) is 9.83. The summed E-state index contributed by atoms with van der Waals surface area (Å²) >= 11 is 0. The van der Waals surface area contributed by atoms with Crippen molar-refractivity contribution in [2.45, 2.75) is 38.8 Å². The fourth-order valence-electron chi connectivity index (χ4n) is 3.76. The fraction of sp³-hybridized carbons (Fsp3) is 0.320. The van der Waals surface area contributed by atoms with Crippen LogP contribution in [0.1, 0.15) is 37.4 Å². The smallest absolute Gasteiger partial charge is 0.203 e. The van der Waals surface area contributed by atoms with E-state index >= 15 is 0 Å². The molecular weight excluding hydrogens is 432 g/mol. The first-order chi connectivity index (χ1) is 16.6. The quantitative estimate of drug-likeness (QED) is 0.400. The molecule has 1 aliphatic rings. The van der Waals surface area contributed by atoms with Gasteiger partial charge in [0, 0.05) is 43.3 Å². The zero-order chi connectivity index (χ0) is 23.5. The maximum atomic E-state index is 12.7. The molecule has 0 radical (unpaired) electrons. The van der Waals surface area contributed by atoms with Crippen molar-refractivity contribution in [1.82, 2.24) is 29.5 Å². The molecule has 1 saturated heterocycles. The first-order valence-corrected chi connectivity index (χ1v) is 11.4. The van der Waals surface area contributed by atoms with Gasteiger partial charge >= 0.3 is 0 Å². The van der Waals surface area contributed by atoms with E-state index in [-0.39, 0.29) is 17.5 Å². The van der Waals surface area contributed by atoms with Crippen LogP contribution in [0.3, 0.4) is 0 Å². The summed E-state index contributed by atoms with van der Waals surface area (Å²) in [5.41, 5.74) is 2.98. The Morgan fingerprint density at radius 2 is 2.03 bits per heavy atom. The molecule has 9 heteroatoms. The average molecular weight is 459 g/mol. The number of benzene rings is 1. The standard InChI is InChI=1S/C25H26N6O3/c1-3-30-15-20(12-28-30)31-9-7-23(32)24(29-31)17(2)18-5-4-6-19(11-18)25-26-13-22(14-27-25)34-16-21-8-10-33-21/h4-7,9,11-15,17,21H,3,8,10,16H2,1-2H3. The van der Waals surface area contributed by atoms with Gasteiger partial charge in [0.25, 0.3) is 0 Å². The van der Waals surface area contributed by atoms with Gasteiger partial charge in [-0.25, -0.2) is 14.6 Å². The highest BCUT2D eigenvalue weighted by molar-refractivity contribution is 5.57. The maximum Gasteiger partial charge on any atom is 0.203 e. The second kappa shape index (κ2) is 9.56. The predicted molar refractivity (Wildman–Crippen MR) is 126 cm³/mol. The molecule has 1 fully saturated rings. The Hall–Kier alpha value is -3.85. The third-order valence-corrected chi connectivity index (χ3v) is 5.96. The zero-order valence-electron chi connectivity index (χ0n) is 19.2. The molecule has 0 spiro atoms. The topological polar surface area (TPSA) is 97.0 Å². The summed E-state index contributed by atoms with van der Waals surface area (Å²) in [4.78, 5) is 21.6. The van der Waals surface area contributed by atoms with Crippen LogP contribution in [0.15, 0.2) is 66.1 Å². The molecular formula is C25H26N6O3. The van der Waals surface area contributed by atoms with E-state index in [9.17, 15) is 4.79 Å². The number of hydrogen-bond donors (Lipinski definition) is 0. The second-order valence-electron chi connectivity index (χ2n) is 8.25. The van der Waals surface area contributed by atoms with Crippen molar-refractivity contribution in [3.63, 3.8) is 0 Å². The highest BCUT2D eigenvalue weighted by Gasteiger charge is 2.19. The van der Waals surface area contributed by atoms with Crippen LogP contribution in [0.25, 0.3) is 17.1 Å². The van der Waals surface area contributed by atoms with Crippen LogP contribution < -0.4 is 10.2 Å². The normalized spacial score (nSPS) is 16.1. The van der Waals surface area contributed by atoms with Crippen LogP contribution in [0.2, 0.25) is 0 Å². The molecule has 1 aliphatic heterocycles. The minimum Gasteiger partial charge on any atom is -0.488 e. The van der Waals surface area contributed by atoms with E-state index in [1.165, 1.54) is 0 Å². The van der Waals surface area contributed by atoms with E-state index in [1.54, 1.807) is 35.5 Å². The Labute approximate surface area is 197 Å². The third kappa shape index (κ3) is 4.60. The molecule has 2 atom stereocenters. The van der Waals surface area contributed by atoms with Crippen LogP contribution in [0.4, 0.5) is 0 Å². The molecule has 174 valence electrons. The predicted octanol–water partition coefficient (Wildman–Crippen LogP) is 3.23. The minimum absolute atomic E-state index is 0.106. The molecule has 0 saturated carbocycles. The number of aryl methyl sites for hydroxylation is 1. The average Bonchev–Trinajstić information content (AvgIpc) is 3.33. The van der Waals surface area contributed by atoms with Crippen LogP contribution in [-0.2, 0) is 11.3 Å². The number of nitrogens with zero attached hydrogens (tertiary/aromatic N) is 6. The summed E-state index contributed by atoms with van der Waals surface area (Å²) in [6.45, 7) is 6.07. The van der Waals surface area contributed by atoms with Crippen molar-refractivity contribution in [3.8, 4) is 22.8 Å². The highest BCUT2D eigenvalue weighted by Crippen LogP contribution is 2.25. The van der Waals surface area contributed by atoms with Crippen LogP contribution >= 0.6 is 0 Å². The van der Waals surface area contributed by atoms with E-state index in [1.807, 2.05) is 49.0 Å². The minimum atomic E-state index is -0.216. The second-order valence-corrected chi connectivity index (χ2v) is 8.25. The zero-order valence-corrected chi connectivity index (χ0v) is 19.2. The monoisotopic (exact) mass is 458 g/mol. The van der Waals surface area contributed by atoms with Crippen molar-refractivity contribution in [1.29, 1.82) is 0 Å². The SMILES string of the molecule is CCn1cc(-n2ccc(=O)c(C(C)c3cccc(-c4ncc(OCC5CCO5)cn4)c3)n2)cn1. The molecule has 34 heavy (non-hydrogen) atoms. The first-order valence-electron chi connectivity index (χ1n) is 11.4. The van der Waals surface area contributed by atoms with Gasteiger partial charge in [0.15, 0.2) is 11.6 Å². The molecule has 0 bridgehead atoms. The van der Waals surface area contributed by atoms with Crippen LogP contribution in [0.5, 0.6) is 5.75 Å². The molecule has 0 aliphatic carbocycles. The lowest BCUT2D eigenvalue weighted by atomic mass is 9.95. The molecule has 5 rings (SSSR count). The first kappa shape index (κ1) is 22.0. The Morgan fingerprint density at radius 3 is 2.74 bits per heavy atom. The van der Waals surface area contributed by atoms with Crippen molar-refractivity contribution >= 4 is 0 Å². The van der Waals surface area contributed by atoms with Gasteiger partial charge in [0.1, 0.15) is 18.0 Å². The Balaban J connectivity index is 1.36. The molecule has 0 amide bonds. The van der Waals surface area contributed by atoms with Gasteiger partial charge in [-0.2, -0.15) is 10.2 Å². The number of rotatable bonds is 8. The van der Waals surface area contributed by atoms with Crippen molar-refractivity contribution in [3.05, 3.63) is 82.8 Å². The van der Waals surface area contributed by atoms with E-state index in [0.29, 0.717) is 23.9 Å². The van der Waals surface area contributed by atoms with Gasteiger partial charge in [0.2, 0.25) is 5.43 Å². The lowest BCUT2D eigenvalue weighted by Gasteiger charge is -2.25. The summed E-state index contributed by atoms with van der Waals surface area (Å²) < 4.78 is 14.6. The summed E-state index contributed by atoms with van der Waals surface area (Å²) in [7, 11) is 0. The summed E-state index contributed by atoms with van der Waals surface area (Å²) in [5.74, 6) is 0.988. The summed E-state index contributed by atoms with van der Waals surface area (Å²) in [5, 5.41) is 8.91. The van der Waals surface area contributed by atoms with Gasteiger partial charge in [-0.3, -0.25) is 9.48 Å². The molecule has 4 aromatic rings. The lowest BCUT2D eigenvalue weighted by molar-refractivity contribution is -0.0721. The maximum absolute atomic E-state index is 12.7.